The van der Waals surface area contributed by atoms with Crippen LogP contribution in [0.15, 0.2) is 11.6 Å². The molecule has 3 rings (SSSR count). The van der Waals surface area contributed by atoms with Crippen LogP contribution in [0.4, 0.5) is 0 Å². The van der Waals surface area contributed by atoms with Crippen molar-refractivity contribution in [3.05, 3.63) is 33.5 Å². The zero-order valence-corrected chi connectivity index (χ0v) is 13.3. The second-order valence-corrected chi connectivity index (χ2v) is 5.86. The molecule has 1 aliphatic rings. The van der Waals surface area contributed by atoms with Crippen molar-refractivity contribution in [1.82, 2.24) is 20.1 Å². The Balaban J connectivity index is 0.00000161. The lowest BCUT2D eigenvalue weighted by Crippen LogP contribution is -2.31. The first-order chi connectivity index (χ1) is 9.69. The molecule has 114 valence electrons. The maximum atomic E-state index is 12.2. The SMILES string of the molecule is Cl.Cn1ncc2c1CCCC2NC(=O)c1csc(CN)n1. The van der Waals surface area contributed by atoms with Crippen molar-refractivity contribution in [3.63, 3.8) is 0 Å². The highest BCUT2D eigenvalue weighted by Crippen LogP contribution is 2.29. The molecule has 0 saturated heterocycles. The van der Waals surface area contributed by atoms with Crippen LogP contribution in [0.25, 0.3) is 0 Å². The van der Waals surface area contributed by atoms with Crippen molar-refractivity contribution in [2.45, 2.75) is 31.8 Å². The first-order valence-corrected chi connectivity index (χ1v) is 7.53. The molecule has 2 aromatic rings. The van der Waals surface area contributed by atoms with Gasteiger partial charge in [-0.1, -0.05) is 0 Å². The van der Waals surface area contributed by atoms with Gasteiger partial charge < -0.3 is 11.1 Å². The lowest BCUT2D eigenvalue weighted by Gasteiger charge is -2.23. The number of nitrogens with one attached hydrogen (secondary N) is 1. The van der Waals surface area contributed by atoms with Gasteiger partial charge in [0.05, 0.1) is 12.2 Å². The monoisotopic (exact) mass is 327 g/mol. The van der Waals surface area contributed by atoms with Crippen LogP contribution in [0.2, 0.25) is 0 Å². The fourth-order valence-corrected chi connectivity index (χ4v) is 3.25. The second kappa shape index (κ2) is 6.55. The lowest BCUT2D eigenvalue weighted by molar-refractivity contribution is 0.0928. The number of fused-ring (bicyclic) bond motifs is 1. The molecule has 1 unspecified atom stereocenters. The third-order valence-corrected chi connectivity index (χ3v) is 4.51. The van der Waals surface area contributed by atoms with E-state index in [1.165, 1.54) is 17.0 Å². The molecule has 0 bridgehead atoms. The molecule has 0 aromatic carbocycles. The molecule has 2 aromatic heterocycles. The molecule has 1 amide bonds. The fourth-order valence-electron chi connectivity index (χ4n) is 2.60. The van der Waals surface area contributed by atoms with Gasteiger partial charge in [0.2, 0.25) is 0 Å². The fraction of sp³-hybridized carbons (Fsp3) is 0.462. The first-order valence-electron chi connectivity index (χ1n) is 6.65. The zero-order valence-electron chi connectivity index (χ0n) is 11.7. The number of carbonyl (C=O) groups excluding carboxylic acids is 1. The standard InChI is InChI=1S/C13H17N5OS.ClH/c1-18-11-4-2-3-9(8(11)6-15-18)17-13(19)10-7-20-12(5-14)16-10;/h6-7,9H,2-5,14H2,1H3,(H,17,19);1H. The molecule has 0 aliphatic heterocycles. The topological polar surface area (TPSA) is 85.8 Å². The van der Waals surface area contributed by atoms with Gasteiger partial charge in [-0.05, 0) is 19.3 Å². The van der Waals surface area contributed by atoms with Crippen LogP contribution in [-0.4, -0.2) is 20.7 Å². The van der Waals surface area contributed by atoms with Crippen LogP contribution < -0.4 is 11.1 Å². The second-order valence-electron chi connectivity index (χ2n) is 4.92. The first kappa shape index (κ1) is 15.9. The summed E-state index contributed by atoms with van der Waals surface area (Å²) >= 11 is 1.42. The third-order valence-electron chi connectivity index (χ3n) is 3.64. The van der Waals surface area contributed by atoms with E-state index in [9.17, 15) is 4.79 Å². The Morgan fingerprint density at radius 1 is 1.62 bits per heavy atom. The summed E-state index contributed by atoms with van der Waals surface area (Å²) in [6, 6.07) is 0.0305. The van der Waals surface area contributed by atoms with E-state index in [0.717, 1.165) is 29.8 Å². The van der Waals surface area contributed by atoms with E-state index < -0.39 is 0 Å². The smallest absolute Gasteiger partial charge is 0.271 e. The normalized spacial score (nSPS) is 17.0. The van der Waals surface area contributed by atoms with Crippen LogP contribution in [0.3, 0.4) is 0 Å². The Labute approximate surface area is 133 Å². The van der Waals surface area contributed by atoms with E-state index >= 15 is 0 Å². The number of thiazole rings is 1. The molecule has 2 heterocycles. The van der Waals surface area contributed by atoms with Crippen LogP contribution in [-0.2, 0) is 20.0 Å². The maximum Gasteiger partial charge on any atom is 0.271 e. The molecule has 0 fully saturated rings. The molecule has 1 aliphatic carbocycles. The number of nitrogens with zero attached hydrogens (tertiary/aromatic N) is 3. The molecular formula is C13H18ClN5OS. The van der Waals surface area contributed by atoms with Crippen LogP contribution in [0.1, 0.15) is 45.6 Å². The molecule has 3 N–H and O–H groups in total. The van der Waals surface area contributed by atoms with Gasteiger partial charge in [0.25, 0.3) is 5.91 Å². The van der Waals surface area contributed by atoms with Crippen molar-refractivity contribution < 1.29 is 4.79 Å². The minimum atomic E-state index is -0.136. The summed E-state index contributed by atoms with van der Waals surface area (Å²) < 4.78 is 1.89. The average Bonchev–Trinajstić information content (AvgIpc) is 3.07. The number of rotatable bonds is 3. The Kier molecular flexibility index (Phi) is 4.97. The Hall–Kier alpha value is -1.44. The van der Waals surface area contributed by atoms with Gasteiger partial charge in [0.1, 0.15) is 10.7 Å². The van der Waals surface area contributed by atoms with E-state index in [4.69, 9.17) is 5.73 Å². The molecule has 0 saturated carbocycles. The van der Waals surface area contributed by atoms with Crippen molar-refractivity contribution >= 4 is 29.7 Å². The number of nitrogens with two attached hydrogens (primary N) is 1. The van der Waals surface area contributed by atoms with Gasteiger partial charge in [-0.15, -0.1) is 23.7 Å². The summed E-state index contributed by atoms with van der Waals surface area (Å²) in [4.78, 5) is 16.4. The quantitative estimate of drug-likeness (QED) is 0.896. The molecule has 0 radical (unpaired) electrons. The van der Waals surface area contributed by atoms with Gasteiger partial charge in [0, 0.05) is 30.2 Å². The number of halogens is 1. The number of carbonyl (C=O) groups is 1. The van der Waals surface area contributed by atoms with Gasteiger partial charge in [-0.2, -0.15) is 5.10 Å². The molecule has 8 heteroatoms. The average molecular weight is 328 g/mol. The predicted molar refractivity (Wildman–Crippen MR) is 83.6 cm³/mol. The summed E-state index contributed by atoms with van der Waals surface area (Å²) in [7, 11) is 1.94. The number of aromatic nitrogens is 3. The van der Waals surface area contributed by atoms with Gasteiger partial charge in [-0.3, -0.25) is 9.48 Å². The maximum absolute atomic E-state index is 12.2. The van der Waals surface area contributed by atoms with E-state index in [1.807, 2.05) is 17.9 Å². The highest BCUT2D eigenvalue weighted by molar-refractivity contribution is 7.09. The molecule has 21 heavy (non-hydrogen) atoms. The molecular weight excluding hydrogens is 310 g/mol. The van der Waals surface area contributed by atoms with Gasteiger partial charge >= 0.3 is 0 Å². The number of aryl methyl sites for hydroxylation is 1. The Morgan fingerprint density at radius 2 is 2.43 bits per heavy atom. The van der Waals surface area contributed by atoms with Crippen molar-refractivity contribution in [2.24, 2.45) is 12.8 Å². The Bertz CT molecular complexity index is 638. The largest absolute Gasteiger partial charge is 0.344 e. The van der Waals surface area contributed by atoms with Crippen LogP contribution in [0.5, 0.6) is 0 Å². The number of hydrogen-bond donors (Lipinski definition) is 2. The minimum Gasteiger partial charge on any atom is -0.344 e. The zero-order chi connectivity index (χ0) is 14.1. The summed E-state index contributed by atoms with van der Waals surface area (Å²) in [6.07, 6.45) is 4.87. The number of hydrogen-bond acceptors (Lipinski definition) is 5. The summed E-state index contributed by atoms with van der Waals surface area (Å²) in [5, 5.41) is 9.87. The summed E-state index contributed by atoms with van der Waals surface area (Å²) in [6.45, 7) is 0.369. The van der Waals surface area contributed by atoms with E-state index in [0.29, 0.717) is 12.2 Å². The van der Waals surface area contributed by atoms with Crippen molar-refractivity contribution in [3.8, 4) is 0 Å². The molecule has 1 atom stereocenters. The van der Waals surface area contributed by atoms with Crippen molar-refractivity contribution in [2.75, 3.05) is 0 Å². The van der Waals surface area contributed by atoms with E-state index in [1.54, 1.807) is 5.38 Å². The van der Waals surface area contributed by atoms with E-state index in [2.05, 4.69) is 15.4 Å². The third kappa shape index (κ3) is 3.09. The minimum absolute atomic E-state index is 0. The lowest BCUT2D eigenvalue weighted by atomic mass is 9.93. The number of amides is 1. The summed E-state index contributed by atoms with van der Waals surface area (Å²) in [5.41, 5.74) is 8.31. The van der Waals surface area contributed by atoms with Gasteiger partial charge in [-0.25, -0.2) is 4.98 Å². The van der Waals surface area contributed by atoms with Crippen LogP contribution >= 0.6 is 23.7 Å². The van der Waals surface area contributed by atoms with E-state index in [-0.39, 0.29) is 24.4 Å². The molecule has 6 nitrogen and oxygen atoms in total. The van der Waals surface area contributed by atoms with Crippen molar-refractivity contribution in [1.29, 1.82) is 0 Å². The highest BCUT2D eigenvalue weighted by atomic mass is 35.5. The van der Waals surface area contributed by atoms with Gasteiger partial charge in [0.15, 0.2) is 0 Å². The van der Waals surface area contributed by atoms with Crippen LogP contribution in [0, 0.1) is 0 Å². The summed E-state index contributed by atoms with van der Waals surface area (Å²) in [5.74, 6) is -0.136. The Morgan fingerprint density at radius 3 is 3.14 bits per heavy atom. The molecule has 0 spiro atoms. The predicted octanol–water partition coefficient (Wildman–Crippen LogP) is 1.56. The highest BCUT2D eigenvalue weighted by Gasteiger charge is 2.25.